The van der Waals surface area contributed by atoms with Crippen molar-refractivity contribution < 1.29 is 10.2 Å². The minimum absolute atomic E-state index is 0.218. The SMILES string of the molecule is CC[C@H](O)CCSc1cccc(C)c1O. The summed E-state index contributed by atoms with van der Waals surface area (Å²) in [6, 6.07) is 5.74. The zero-order valence-electron chi connectivity index (χ0n) is 9.23. The Balaban J connectivity index is 2.47. The van der Waals surface area contributed by atoms with Crippen LogP contribution in [0, 0.1) is 6.92 Å². The summed E-state index contributed by atoms with van der Waals surface area (Å²) < 4.78 is 0. The van der Waals surface area contributed by atoms with Crippen LogP contribution in [-0.2, 0) is 0 Å². The topological polar surface area (TPSA) is 40.5 Å². The van der Waals surface area contributed by atoms with Crippen LogP contribution >= 0.6 is 11.8 Å². The number of hydrogen-bond donors (Lipinski definition) is 2. The summed E-state index contributed by atoms with van der Waals surface area (Å²) in [6.07, 6.45) is 1.35. The van der Waals surface area contributed by atoms with Gasteiger partial charge in [-0.3, -0.25) is 0 Å². The van der Waals surface area contributed by atoms with Crippen LogP contribution in [0.3, 0.4) is 0 Å². The van der Waals surface area contributed by atoms with Crippen LogP contribution in [0.1, 0.15) is 25.3 Å². The minimum atomic E-state index is -0.218. The highest BCUT2D eigenvalue weighted by molar-refractivity contribution is 7.99. The number of aromatic hydroxyl groups is 1. The molecule has 0 aliphatic carbocycles. The molecule has 3 heteroatoms. The second-order valence-corrected chi connectivity index (χ2v) is 4.76. The first-order valence-electron chi connectivity index (χ1n) is 5.24. The second-order valence-electron chi connectivity index (χ2n) is 3.62. The monoisotopic (exact) mass is 226 g/mol. The molecule has 2 nitrogen and oxygen atoms in total. The lowest BCUT2D eigenvalue weighted by Gasteiger charge is -2.08. The Kier molecular flexibility index (Phi) is 4.99. The van der Waals surface area contributed by atoms with Crippen LogP contribution in [0.2, 0.25) is 0 Å². The van der Waals surface area contributed by atoms with E-state index in [1.165, 1.54) is 0 Å². The summed E-state index contributed by atoms with van der Waals surface area (Å²) in [5, 5.41) is 19.1. The number of phenolic OH excluding ortho intramolecular Hbond substituents is 1. The number of benzene rings is 1. The Morgan fingerprint density at radius 2 is 2.13 bits per heavy atom. The third kappa shape index (κ3) is 3.76. The average molecular weight is 226 g/mol. The van der Waals surface area contributed by atoms with E-state index in [0.717, 1.165) is 29.1 Å². The van der Waals surface area contributed by atoms with Crippen molar-refractivity contribution in [2.75, 3.05) is 5.75 Å². The van der Waals surface area contributed by atoms with E-state index in [9.17, 15) is 10.2 Å². The molecule has 0 aromatic heterocycles. The standard InChI is InChI=1S/C12H18O2S/c1-3-10(13)7-8-15-11-6-4-5-9(2)12(11)14/h4-6,10,13-14H,3,7-8H2,1-2H3/t10-/m0/s1. The number of aliphatic hydroxyl groups excluding tert-OH is 1. The van der Waals surface area contributed by atoms with Gasteiger partial charge in [0, 0.05) is 10.6 Å². The Labute approximate surface area is 95.3 Å². The van der Waals surface area contributed by atoms with Crippen LogP contribution in [-0.4, -0.2) is 22.1 Å². The lowest BCUT2D eigenvalue weighted by molar-refractivity contribution is 0.167. The van der Waals surface area contributed by atoms with Gasteiger partial charge in [0.05, 0.1) is 6.10 Å². The zero-order valence-corrected chi connectivity index (χ0v) is 10.0. The van der Waals surface area contributed by atoms with Crippen LogP contribution in [0.4, 0.5) is 0 Å². The Morgan fingerprint density at radius 3 is 2.80 bits per heavy atom. The average Bonchev–Trinajstić information content (AvgIpc) is 2.24. The van der Waals surface area contributed by atoms with E-state index in [1.807, 2.05) is 32.0 Å². The molecule has 0 aliphatic heterocycles. The van der Waals surface area contributed by atoms with Gasteiger partial charge in [-0.2, -0.15) is 0 Å². The fourth-order valence-corrected chi connectivity index (χ4v) is 2.34. The van der Waals surface area contributed by atoms with Gasteiger partial charge in [-0.1, -0.05) is 19.1 Å². The van der Waals surface area contributed by atoms with Crippen LogP contribution in [0.5, 0.6) is 5.75 Å². The summed E-state index contributed by atoms with van der Waals surface area (Å²) in [4.78, 5) is 0.901. The smallest absolute Gasteiger partial charge is 0.132 e. The lowest BCUT2D eigenvalue weighted by Crippen LogP contribution is -2.04. The highest BCUT2D eigenvalue weighted by Crippen LogP contribution is 2.31. The van der Waals surface area contributed by atoms with E-state index >= 15 is 0 Å². The number of aryl methyl sites for hydroxylation is 1. The molecule has 1 rings (SSSR count). The predicted molar refractivity (Wildman–Crippen MR) is 64.5 cm³/mol. The molecule has 0 heterocycles. The Morgan fingerprint density at radius 1 is 1.40 bits per heavy atom. The normalized spacial score (nSPS) is 12.7. The number of thioether (sulfide) groups is 1. The molecule has 0 amide bonds. The Bertz CT molecular complexity index is 312. The van der Waals surface area contributed by atoms with Crippen molar-refractivity contribution in [1.29, 1.82) is 0 Å². The van der Waals surface area contributed by atoms with Crippen LogP contribution in [0.25, 0.3) is 0 Å². The minimum Gasteiger partial charge on any atom is -0.507 e. The van der Waals surface area contributed by atoms with Crippen molar-refractivity contribution in [3.63, 3.8) is 0 Å². The van der Waals surface area contributed by atoms with Crippen molar-refractivity contribution >= 4 is 11.8 Å². The van der Waals surface area contributed by atoms with Gasteiger partial charge in [0.2, 0.25) is 0 Å². The number of aliphatic hydroxyl groups is 1. The fourth-order valence-electron chi connectivity index (χ4n) is 1.26. The van der Waals surface area contributed by atoms with Crippen molar-refractivity contribution in [3.8, 4) is 5.75 Å². The molecule has 84 valence electrons. The first-order chi connectivity index (χ1) is 7.15. The second kappa shape index (κ2) is 6.03. The maximum Gasteiger partial charge on any atom is 0.132 e. The van der Waals surface area contributed by atoms with Gasteiger partial charge in [-0.15, -0.1) is 11.8 Å². The van der Waals surface area contributed by atoms with Gasteiger partial charge in [0.15, 0.2) is 0 Å². The number of para-hydroxylation sites is 1. The molecule has 1 aromatic rings. The summed E-state index contributed by atoms with van der Waals surface area (Å²) >= 11 is 1.59. The fraction of sp³-hybridized carbons (Fsp3) is 0.500. The van der Waals surface area contributed by atoms with E-state index < -0.39 is 0 Å². The van der Waals surface area contributed by atoms with Crippen molar-refractivity contribution in [2.24, 2.45) is 0 Å². The van der Waals surface area contributed by atoms with E-state index in [-0.39, 0.29) is 6.10 Å². The lowest BCUT2D eigenvalue weighted by atomic mass is 10.2. The first kappa shape index (κ1) is 12.4. The Hall–Kier alpha value is -0.670. The number of rotatable bonds is 5. The highest BCUT2D eigenvalue weighted by atomic mass is 32.2. The van der Waals surface area contributed by atoms with Gasteiger partial charge in [0.1, 0.15) is 5.75 Å². The number of phenols is 1. The molecule has 15 heavy (non-hydrogen) atoms. The molecule has 0 aliphatic rings. The molecule has 1 atom stereocenters. The molecule has 0 radical (unpaired) electrons. The van der Waals surface area contributed by atoms with E-state index in [0.29, 0.717) is 5.75 Å². The van der Waals surface area contributed by atoms with E-state index in [2.05, 4.69) is 0 Å². The number of hydrogen-bond acceptors (Lipinski definition) is 3. The molecular weight excluding hydrogens is 208 g/mol. The molecule has 0 fully saturated rings. The van der Waals surface area contributed by atoms with Gasteiger partial charge in [0.25, 0.3) is 0 Å². The van der Waals surface area contributed by atoms with Gasteiger partial charge in [-0.25, -0.2) is 0 Å². The van der Waals surface area contributed by atoms with Gasteiger partial charge >= 0.3 is 0 Å². The summed E-state index contributed by atoms with van der Waals surface area (Å²) in [6.45, 7) is 3.86. The van der Waals surface area contributed by atoms with Gasteiger partial charge < -0.3 is 10.2 Å². The first-order valence-corrected chi connectivity index (χ1v) is 6.23. The van der Waals surface area contributed by atoms with Gasteiger partial charge in [-0.05, 0) is 31.4 Å². The van der Waals surface area contributed by atoms with E-state index in [4.69, 9.17) is 0 Å². The molecule has 0 spiro atoms. The quantitative estimate of drug-likeness (QED) is 0.758. The molecule has 2 N–H and O–H groups in total. The molecule has 0 saturated carbocycles. The largest absolute Gasteiger partial charge is 0.507 e. The molecule has 0 unspecified atom stereocenters. The third-order valence-corrected chi connectivity index (χ3v) is 3.46. The maximum absolute atomic E-state index is 9.74. The van der Waals surface area contributed by atoms with Crippen LogP contribution < -0.4 is 0 Å². The van der Waals surface area contributed by atoms with Crippen molar-refractivity contribution in [2.45, 2.75) is 37.7 Å². The summed E-state index contributed by atoms with van der Waals surface area (Å²) in [5.41, 5.74) is 0.899. The van der Waals surface area contributed by atoms with Crippen molar-refractivity contribution in [1.82, 2.24) is 0 Å². The molecule has 0 bridgehead atoms. The third-order valence-electron chi connectivity index (χ3n) is 2.38. The maximum atomic E-state index is 9.74. The summed E-state index contributed by atoms with van der Waals surface area (Å²) in [5.74, 6) is 1.21. The zero-order chi connectivity index (χ0) is 11.3. The molecule has 1 aromatic carbocycles. The molecular formula is C12H18O2S. The summed E-state index contributed by atoms with van der Waals surface area (Å²) in [7, 11) is 0. The van der Waals surface area contributed by atoms with Crippen molar-refractivity contribution in [3.05, 3.63) is 23.8 Å². The predicted octanol–water partition coefficient (Wildman–Crippen LogP) is 2.95. The molecule has 0 saturated heterocycles. The van der Waals surface area contributed by atoms with Crippen LogP contribution in [0.15, 0.2) is 23.1 Å². The van der Waals surface area contributed by atoms with E-state index in [1.54, 1.807) is 11.8 Å². The highest BCUT2D eigenvalue weighted by Gasteiger charge is 2.05.